The van der Waals surface area contributed by atoms with E-state index in [9.17, 15) is 9.90 Å². The maximum absolute atomic E-state index is 11.1. The van der Waals surface area contributed by atoms with Gasteiger partial charge in [-0.25, -0.2) is 0 Å². The van der Waals surface area contributed by atoms with Gasteiger partial charge in [-0.05, 0) is 46.2 Å². The number of likely N-dealkylation sites (N-methyl/N-ethyl adjacent to an activating group) is 1. The van der Waals surface area contributed by atoms with Crippen LogP contribution >= 0.6 is 0 Å². The number of nitrogens with zero attached hydrogens (tertiary/aromatic N) is 1. The van der Waals surface area contributed by atoms with Gasteiger partial charge in [0.1, 0.15) is 0 Å². The van der Waals surface area contributed by atoms with Crippen molar-refractivity contribution in [3.63, 3.8) is 0 Å². The van der Waals surface area contributed by atoms with Crippen molar-refractivity contribution < 1.29 is 14.6 Å². The Morgan fingerprint density at radius 3 is 2.58 bits per heavy atom. The first kappa shape index (κ1) is 16.4. The van der Waals surface area contributed by atoms with E-state index < -0.39 is 5.60 Å². The van der Waals surface area contributed by atoms with Crippen molar-refractivity contribution in [1.29, 1.82) is 0 Å². The van der Waals surface area contributed by atoms with Gasteiger partial charge in [0, 0.05) is 13.0 Å². The second-order valence-electron chi connectivity index (χ2n) is 5.78. The molecule has 0 aromatic carbocycles. The summed E-state index contributed by atoms with van der Waals surface area (Å²) >= 11 is 0. The van der Waals surface area contributed by atoms with E-state index in [4.69, 9.17) is 4.74 Å². The SMILES string of the molecule is CCOC(=O)CCCCCN(C)CC1(O)CCCC1. The fourth-order valence-electron chi connectivity index (χ4n) is 2.83. The van der Waals surface area contributed by atoms with Crippen molar-refractivity contribution in [1.82, 2.24) is 4.90 Å². The van der Waals surface area contributed by atoms with E-state index in [1.807, 2.05) is 6.92 Å². The molecule has 0 radical (unpaired) electrons. The molecule has 1 aliphatic rings. The molecule has 19 heavy (non-hydrogen) atoms. The van der Waals surface area contributed by atoms with Gasteiger partial charge in [0.05, 0.1) is 12.2 Å². The lowest BCUT2D eigenvalue weighted by Crippen LogP contribution is -2.39. The van der Waals surface area contributed by atoms with E-state index in [1.165, 1.54) is 0 Å². The Bertz CT molecular complexity index is 262. The van der Waals surface area contributed by atoms with Gasteiger partial charge in [0.25, 0.3) is 0 Å². The van der Waals surface area contributed by atoms with Crippen LogP contribution in [0, 0.1) is 0 Å². The molecule has 0 aromatic rings. The highest BCUT2D eigenvalue weighted by atomic mass is 16.5. The lowest BCUT2D eigenvalue weighted by Gasteiger charge is -2.28. The van der Waals surface area contributed by atoms with Crippen LogP contribution in [0.4, 0.5) is 0 Å². The van der Waals surface area contributed by atoms with Gasteiger partial charge in [0.15, 0.2) is 0 Å². The normalized spacial score (nSPS) is 17.9. The predicted octanol–water partition coefficient (Wildman–Crippen LogP) is 2.35. The highest BCUT2D eigenvalue weighted by Crippen LogP contribution is 2.29. The molecule has 1 rings (SSSR count). The van der Waals surface area contributed by atoms with Gasteiger partial charge in [-0.1, -0.05) is 19.3 Å². The van der Waals surface area contributed by atoms with Crippen LogP contribution in [0.2, 0.25) is 0 Å². The molecule has 1 saturated carbocycles. The molecule has 0 amide bonds. The topological polar surface area (TPSA) is 49.8 Å². The molecule has 1 N–H and O–H groups in total. The Kier molecular flexibility index (Phi) is 7.39. The summed E-state index contributed by atoms with van der Waals surface area (Å²) in [5, 5.41) is 10.3. The molecule has 0 aliphatic heterocycles. The summed E-state index contributed by atoms with van der Waals surface area (Å²) in [4.78, 5) is 13.4. The minimum absolute atomic E-state index is 0.0869. The number of carbonyl (C=O) groups is 1. The van der Waals surface area contributed by atoms with Crippen LogP contribution in [0.3, 0.4) is 0 Å². The number of hydrogen-bond acceptors (Lipinski definition) is 4. The lowest BCUT2D eigenvalue weighted by molar-refractivity contribution is -0.143. The quantitative estimate of drug-likeness (QED) is 0.516. The molecule has 4 heteroatoms. The van der Waals surface area contributed by atoms with E-state index in [-0.39, 0.29) is 5.97 Å². The summed E-state index contributed by atoms with van der Waals surface area (Å²) in [6.45, 7) is 4.08. The number of ether oxygens (including phenoxy) is 1. The van der Waals surface area contributed by atoms with Crippen molar-refractivity contribution in [2.24, 2.45) is 0 Å². The van der Waals surface area contributed by atoms with Crippen LogP contribution in [0.5, 0.6) is 0 Å². The fraction of sp³-hybridized carbons (Fsp3) is 0.933. The molecule has 112 valence electrons. The summed E-state index contributed by atoms with van der Waals surface area (Å²) in [6.07, 6.45) is 7.75. The average molecular weight is 271 g/mol. The first-order valence-corrected chi connectivity index (χ1v) is 7.62. The summed E-state index contributed by atoms with van der Waals surface area (Å²) in [7, 11) is 2.07. The monoisotopic (exact) mass is 271 g/mol. The second kappa shape index (κ2) is 8.54. The average Bonchev–Trinajstić information content (AvgIpc) is 2.75. The third-order valence-corrected chi connectivity index (χ3v) is 3.82. The van der Waals surface area contributed by atoms with Crippen LogP contribution in [0.15, 0.2) is 0 Å². The van der Waals surface area contributed by atoms with Crippen molar-refractivity contribution >= 4 is 5.97 Å². The third kappa shape index (κ3) is 6.92. The maximum Gasteiger partial charge on any atom is 0.305 e. The standard InChI is InChI=1S/C15H29NO3/c1-3-19-14(17)9-5-4-8-12-16(2)13-15(18)10-6-7-11-15/h18H,3-13H2,1-2H3. The molecular formula is C15H29NO3. The van der Waals surface area contributed by atoms with Crippen LogP contribution in [-0.2, 0) is 9.53 Å². The van der Waals surface area contributed by atoms with Gasteiger partial charge < -0.3 is 14.7 Å². The highest BCUT2D eigenvalue weighted by Gasteiger charge is 2.31. The Labute approximate surface area is 117 Å². The van der Waals surface area contributed by atoms with E-state index in [2.05, 4.69) is 11.9 Å². The van der Waals surface area contributed by atoms with Crippen molar-refractivity contribution in [2.75, 3.05) is 26.7 Å². The molecule has 0 unspecified atom stereocenters. The maximum atomic E-state index is 11.1. The van der Waals surface area contributed by atoms with Crippen LogP contribution < -0.4 is 0 Å². The zero-order valence-corrected chi connectivity index (χ0v) is 12.5. The van der Waals surface area contributed by atoms with Crippen molar-refractivity contribution in [3.8, 4) is 0 Å². The van der Waals surface area contributed by atoms with E-state index in [0.29, 0.717) is 13.0 Å². The second-order valence-corrected chi connectivity index (χ2v) is 5.78. The highest BCUT2D eigenvalue weighted by molar-refractivity contribution is 5.69. The van der Waals surface area contributed by atoms with Crippen LogP contribution in [-0.4, -0.2) is 48.3 Å². The Morgan fingerprint density at radius 1 is 1.26 bits per heavy atom. The largest absolute Gasteiger partial charge is 0.466 e. The smallest absolute Gasteiger partial charge is 0.305 e. The molecule has 0 atom stereocenters. The summed E-state index contributed by atoms with van der Waals surface area (Å²) in [5.74, 6) is -0.0869. The van der Waals surface area contributed by atoms with Crippen LogP contribution in [0.25, 0.3) is 0 Å². The zero-order valence-electron chi connectivity index (χ0n) is 12.5. The van der Waals surface area contributed by atoms with Gasteiger partial charge in [0.2, 0.25) is 0 Å². The number of aliphatic hydroxyl groups is 1. The van der Waals surface area contributed by atoms with E-state index in [0.717, 1.165) is 58.0 Å². The first-order chi connectivity index (χ1) is 9.06. The summed E-state index contributed by atoms with van der Waals surface area (Å²) < 4.78 is 4.89. The molecule has 1 fully saturated rings. The van der Waals surface area contributed by atoms with E-state index >= 15 is 0 Å². The van der Waals surface area contributed by atoms with E-state index in [1.54, 1.807) is 0 Å². The molecule has 0 saturated heterocycles. The summed E-state index contributed by atoms with van der Waals surface area (Å²) in [6, 6.07) is 0. The van der Waals surface area contributed by atoms with Crippen molar-refractivity contribution in [2.45, 2.75) is 63.9 Å². The molecule has 0 bridgehead atoms. The number of hydrogen-bond donors (Lipinski definition) is 1. The summed E-state index contributed by atoms with van der Waals surface area (Å²) in [5.41, 5.74) is -0.445. The minimum Gasteiger partial charge on any atom is -0.466 e. The fourth-order valence-corrected chi connectivity index (χ4v) is 2.83. The number of unbranched alkanes of at least 4 members (excludes halogenated alkanes) is 2. The zero-order chi connectivity index (χ0) is 14.1. The molecule has 0 aromatic heterocycles. The predicted molar refractivity (Wildman–Crippen MR) is 76.0 cm³/mol. The third-order valence-electron chi connectivity index (χ3n) is 3.82. The molecular weight excluding hydrogens is 242 g/mol. The van der Waals surface area contributed by atoms with Crippen LogP contribution in [0.1, 0.15) is 58.3 Å². The number of rotatable bonds is 9. The molecule has 0 heterocycles. The Morgan fingerprint density at radius 2 is 1.95 bits per heavy atom. The number of carbonyl (C=O) groups excluding carboxylic acids is 1. The molecule has 4 nitrogen and oxygen atoms in total. The van der Waals surface area contributed by atoms with Gasteiger partial charge >= 0.3 is 5.97 Å². The first-order valence-electron chi connectivity index (χ1n) is 7.62. The molecule has 1 aliphatic carbocycles. The Balaban J connectivity index is 2.01. The lowest BCUT2D eigenvalue weighted by atomic mass is 10.0. The van der Waals surface area contributed by atoms with Gasteiger partial charge in [-0.15, -0.1) is 0 Å². The van der Waals surface area contributed by atoms with Gasteiger partial charge in [-0.2, -0.15) is 0 Å². The van der Waals surface area contributed by atoms with Crippen molar-refractivity contribution in [3.05, 3.63) is 0 Å². The Hall–Kier alpha value is -0.610. The number of esters is 1. The van der Waals surface area contributed by atoms with Gasteiger partial charge in [-0.3, -0.25) is 4.79 Å². The molecule has 0 spiro atoms. The minimum atomic E-state index is -0.445.